The third-order valence-electron chi connectivity index (χ3n) is 1.26. The molecule has 0 amide bonds. The van der Waals surface area contributed by atoms with Crippen LogP contribution in [0.2, 0.25) is 0 Å². The fourth-order valence-corrected chi connectivity index (χ4v) is 0.643. The van der Waals surface area contributed by atoms with Gasteiger partial charge in [-0.2, -0.15) is 0 Å². The van der Waals surface area contributed by atoms with Crippen LogP contribution in [-0.2, 0) is 9.59 Å². The zero-order valence-electron chi connectivity index (χ0n) is 6.72. The standard InChI is InChI=1S/C7H7NO5/c1-4(9)7(12)13-8-5(10)2-3-6(8)11/h2-3,10-11H,1H3. The Balaban J connectivity index is 2.85. The molecule has 0 aromatic carbocycles. The molecular weight excluding hydrogens is 178 g/mol. The van der Waals surface area contributed by atoms with Gasteiger partial charge < -0.3 is 15.1 Å². The second-order valence-corrected chi connectivity index (χ2v) is 2.28. The summed E-state index contributed by atoms with van der Waals surface area (Å²) in [5.41, 5.74) is 0. The molecule has 0 saturated carbocycles. The Morgan fingerprint density at radius 2 is 1.77 bits per heavy atom. The number of hydrogen-bond acceptors (Lipinski definition) is 5. The first-order chi connectivity index (χ1) is 6.02. The first kappa shape index (κ1) is 9.11. The third kappa shape index (κ3) is 1.78. The number of ketones is 1. The van der Waals surface area contributed by atoms with E-state index in [1.165, 1.54) is 0 Å². The first-order valence-electron chi connectivity index (χ1n) is 3.35. The first-order valence-corrected chi connectivity index (χ1v) is 3.35. The van der Waals surface area contributed by atoms with Crippen LogP contribution in [0, 0.1) is 0 Å². The van der Waals surface area contributed by atoms with Gasteiger partial charge in [0.25, 0.3) is 0 Å². The average Bonchev–Trinajstić information content (AvgIpc) is 2.35. The highest BCUT2D eigenvalue weighted by Gasteiger charge is 2.15. The van der Waals surface area contributed by atoms with Crippen LogP contribution in [-0.4, -0.2) is 26.7 Å². The van der Waals surface area contributed by atoms with Gasteiger partial charge in [-0.25, -0.2) is 4.79 Å². The van der Waals surface area contributed by atoms with Crippen LogP contribution in [0.3, 0.4) is 0 Å². The second-order valence-electron chi connectivity index (χ2n) is 2.28. The van der Waals surface area contributed by atoms with Crippen molar-refractivity contribution in [3.8, 4) is 11.8 Å². The Morgan fingerprint density at radius 3 is 2.15 bits per heavy atom. The molecule has 0 bridgehead atoms. The summed E-state index contributed by atoms with van der Waals surface area (Å²) in [6.07, 6.45) is 0. The van der Waals surface area contributed by atoms with Crippen molar-refractivity contribution in [1.29, 1.82) is 0 Å². The van der Waals surface area contributed by atoms with Crippen LogP contribution >= 0.6 is 0 Å². The van der Waals surface area contributed by atoms with Crippen LogP contribution in [0.5, 0.6) is 11.8 Å². The monoisotopic (exact) mass is 185 g/mol. The van der Waals surface area contributed by atoms with E-state index < -0.39 is 23.5 Å². The minimum Gasteiger partial charge on any atom is -0.492 e. The van der Waals surface area contributed by atoms with E-state index in [9.17, 15) is 9.59 Å². The fourth-order valence-electron chi connectivity index (χ4n) is 0.643. The summed E-state index contributed by atoms with van der Waals surface area (Å²) in [5, 5.41) is 18.0. The SMILES string of the molecule is CC(=O)C(=O)On1c(O)ccc1O. The molecule has 0 radical (unpaired) electrons. The summed E-state index contributed by atoms with van der Waals surface area (Å²) in [6, 6.07) is 2.23. The lowest BCUT2D eigenvalue weighted by atomic mass is 10.5. The van der Waals surface area contributed by atoms with Gasteiger partial charge >= 0.3 is 5.97 Å². The number of rotatable bonds is 2. The number of carbonyl (C=O) groups excluding carboxylic acids is 2. The average molecular weight is 185 g/mol. The molecule has 1 heterocycles. The minimum atomic E-state index is -1.16. The van der Waals surface area contributed by atoms with E-state index in [0.29, 0.717) is 4.73 Å². The molecule has 0 aliphatic carbocycles. The van der Waals surface area contributed by atoms with E-state index in [0.717, 1.165) is 19.1 Å². The summed E-state index contributed by atoms with van der Waals surface area (Å²) >= 11 is 0. The molecule has 0 unspecified atom stereocenters. The molecular formula is C7H7NO5. The van der Waals surface area contributed by atoms with Gasteiger partial charge in [-0.15, -0.1) is 4.73 Å². The van der Waals surface area contributed by atoms with Gasteiger partial charge in [0, 0.05) is 19.1 Å². The van der Waals surface area contributed by atoms with Gasteiger partial charge in [0.2, 0.25) is 17.5 Å². The summed E-state index contributed by atoms with van der Waals surface area (Å²) in [5.74, 6) is -2.92. The topological polar surface area (TPSA) is 88.8 Å². The molecule has 1 aromatic heterocycles. The zero-order valence-corrected chi connectivity index (χ0v) is 6.72. The summed E-state index contributed by atoms with van der Waals surface area (Å²) in [6.45, 7) is 1.01. The minimum absolute atomic E-state index is 0.448. The lowest BCUT2D eigenvalue weighted by Gasteiger charge is -2.03. The second kappa shape index (κ2) is 3.18. The number of aromatic hydroxyl groups is 2. The van der Waals surface area contributed by atoms with Gasteiger partial charge in [-0.05, 0) is 0 Å². The Morgan fingerprint density at radius 1 is 1.31 bits per heavy atom. The molecule has 0 atom stereocenters. The van der Waals surface area contributed by atoms with Gasteiger partial charge in [0.1, 0.15) is 0 Å². The van der Waals surface area contributed by atoms with Crippen molar-refractivity contribution >= 4 is 11.8 Å². The summed E-state index contributed by atoms with van der Waals surface area (Å²) in [7, 11) is 0. The Labute approximate surface area is 72.9 Å². The number of nitrogens with zero attached hydrogens (tertiary/aromatic N) is 1. The molecule has 13 heavy (non-hydrogen) atoms. The molecule has 2 N–H and O–H groups in total. The van der Waals surface area contributed by atoms with E-state index in [2.05, 4.69) is 4.84 Å². The van der Waals surface area contributed by atoms with E-state index in [4.69, 9.17) is 10.2 Å². The Hall–Kier alpha value is -1.98. The van der Waals surface area contributed by atoms with Gasteiger partial charge in [0.15, 0.2) is 0 Å². The molecule has 0 aliphatic rings. The van der Waals surface area contributed by atoms with Crippen molar-refractivity contribution < 1.29 is 24.6 Å². The molecule has 0 spiro atoms. The quantitative estimate of drug-likeness (QED) is 0.603. The van der Waals surface area contributed by atoms with E-state index in [1.54, 1.807) is 0 Å². The lowest BCUT2D eigenvalue weighted by molar-refractivity contribution is -0.154. The van der Waals surface area contributed by atoms with Crippen LogP contribution in [0.25, 0.3) is 0 Å². The molecule has 70 valence electrons. The predicted octanol–water partition coefficient (Wildman–Crippen LogP) is -0.557. The highest BCUT2D eigenvalue weighted by Crippen LogP contribution is 2.18. The van der Waals surface area contributed by atoms with Crippen LogP contribution in [0.15, 0.2) is 12.1 Å². The van der Waals surface area contributed by atoms with Crippen molar-refractivity contribution in [1.82, 2.24) is 4.73 Å². The smallest absolute Gasteiger partial charge is 0.399 e. The van der Waals surface area contributed by atoms with Crippen LogP contribution in [0.1, 0.15) is 6.92 Å². The predicted molar refractivity (Wildman–Crippen MR) is 40.0 cm³/mol. The third-order valence-corrected chi connectivity index (χ3v) is 1.26. The largest absolute Gasteiger partial charge is 0.492 e. The van der Waals surface area contributed by atoms with Gasteiger partial charge in [-0.3, -0.25) is 4.79 Å². The molecule has 6 nitrogen and oxygen atoms in total. The number of Topliss-reactive ketones (excluding diaryl/α,β-unsaturated/α-hetero) is 1. The van der Waals surface area contributed by atoms with E-state index in [-0.39, 0.29) is 0 Å². The molecule has 6 heteroatoms. The number of hydrogen-bond donors (Lipinski definition) is 2. The number of aromatic nitrogens is 1. The van der Waals surface area contributed by atoms with Crippen LogP contribution in [0.4, 0.5) is 0 Å². The normalized spacial score (nSPS) is 9.62. The van der Waals surface area contributed by atoms with E-state index >= 15 is 0 Å². The molecule has 1 aromatic rings. The van der Waals surface area contributed by atoms with Crippen molar-refractivity contribution in [2.75, 3.05) is 0 Å². The van der Waals surface area contributed by atoms with Crippen molar-refractivity contribution in [2.45, 2.75) is 6.92 Å². The Kier molecular flexibility index (Phi) is 2.23. The van der Waals surface area contributed by atoms with E-state index in [1.807, 2.05) is 0 Å². The maximum Gasteiger partial charge on any atom is 0.399 e. The summed E-state index contributed by atoms with van der Waals surface area (Å²) < 4.78 is 0.448. The summed E-state index contributed by atoms with van der Waals surface area (Å²) in [4.78, 5) is 25.4. The van der Waals surface area contributed by atoms with Gasteiger partial charge in [-0.1, -0.05) is 0 Å². The van der Waals surface area contributed by atoms with Crippen molar-refractivity contribution in [3.05, 3.63) is 12.1 Å². The highest BCUT2D eigenvalue weighted by atomic mass is 16.7. The Bertz CT molecular complexity index is 334. The molecule has 0 saturated heterocycles. The lowest BCUT2D eigenvalue weighted by Crippen LogP contribution is -2.24. The molecule has 0 fully saturated rings. The highest BCUT2D eigenvalue weighted by molar-refractivity contribution is 6.32. The van der Waals surface area contributed by atoms with Crippen molar-refractivity contribution in [2.24, 2.45) is 0 Å². The van der Waals surface area contributed by atoms with Gasteiger partial charge in [0.05, 0.1) is 0 Å². The number of carbonyl (C=O) groups is 2. The van der Waals surface area contributed by atoms with Crippen LogP contribution < -0.4 is 4.84 Å². The maximum absolute atomic E-state index is 10.7. The van der Waals surface area contributed by atoms with Crippen molar-refractivity contribution in [3.63, 3.8) is 0 Å². The molecule has 1 rings (SSSR count). The zero-order chi connectivity index (χ0) is 10.0. The molecule has 0 aliphatic heterocycles. The fraction of sp³-hybridized carbons (Fsp3) is 0.143. The maximum atomic E-state index is 10.7.